The van der Waals surface area contributed by atoms with E-state index < -0.39 is 0 Å². The van der Waals surface area contributed by atoms with Crippen molar-refractivity contribution in [2.75, 3.05) is 51.4 Å². The van der Waals surface area contributed by atoms with Gasteiger partial charge in [0.2, 0.25) is 17.6 Å². The maximum Gasteiger partial charge on any atom is 0.225 e. The Labute approximate surface area is 298 Å². The number of anilines is 2. The van der Waals surface area contributed by atoms with Crippen LogP contribution in [0.4, 0.5) is 17.6 Å². The molecule has 1 fully saturated rings. The SMILES string of the molecule is C.C/C=C(\C#N)C(C)=O.CN=C(N)N.CNc1ncc(C#N)c(C)n1.SI.[C-]#[N+]c1cnc(NCCCC2CCN(C)CC2)nc1C. The van der Waals surface area contributed by atoms with Gasteiger partial charge in [0.1, 0.15) is 12.1 Å². The summed E-state index contributed by atoms with van der Waals surface area (Å²) in [4.78, 5) is 35.8. The number of carbonyl (C=O) groups is 1. The number of aliphatic imine (C=N–C) groups is 1. The summed E-state index contributed by atoms with van der Waals surface area (Å²) in [6.07, 6.45) is 9.68. The van der Waals surface area contributed by atoms with Crippen molar-refractivity contribution in [2.24, 2.45) is 22.4 Å². The monoisotopic (exact) mass is 779 g/mol. The van der Waals surface area contributed by atoms with Gasteiger partial charge in [-0.25, -0.2) is 24.8 Å². The Balaban J connectivity index is -0.000000607. The predicted molar refractivity (Wildman–Crippen MR) is 204 cm³/mol. The molecule has 1 aliphatic heterocycles. The highest BCUT2D eigenvalue weighted by molar-refractivity contribution is 14.2. The van der Waals surface area contributed by atoms with Crippen LogP contribution >= 0.6 is 31.0 Å². The molecule has 0 unspecified atom stereocenters. The smallest absolute Gasteiger partial charge is 0.225 e. The lowest BCUT2D eigenvalue weighted by Gasteiger charge is -2.28. The van der Waals surface area contributed by atoms with E-state index in [-0.39, 0.29) is 24.7 Å². The van der Waals surface area contributed by atoms with Crippen molar-refractivity contribution in [1.82, 2.24) is 24.8 Å². The molecule has 16 heteroatoms. The van der Waals surface area contributed by atoms with Crippen LogP contribution in [0.2, 0.25) is 0 Å². The zero-order chi connectivity index (χ0) is 35.5. The normalized spacial score (nSPS) is 11.8. The van der Waals surface area contributed by atoms with Crippen molar-refractivity contribution < 1.29 is 4.79 Å². The molecule has 47 heavy (non-hydrogen) atoms. The number of halogens is 1. The molecule has 1 saturated heterocycles. The molecule has 0 saturated carbocycles. The van der Waals surface area contributed by atoms with E-state index >= 15 is 0 Å². The fraction of sp³-hybridized carbons (Fsp3) is 0.516. The van der Waals surface area contributed by atoms with Gasteiger partial charge in [0.05, 0.1) is 29.6 Å². The molecule has 0 bridgehead atoms. The Morgan fingerprint density at radius 3 is 2.13 bits per heavy atom. The number of piperidine rings is 1. The molecule has 2 aromatic rings. The summed E-state index contributed by atoms with van der Waals surface area (Å²) in [6.45, 7) is 17.0. The first-order valence-corrected chi connectivity index (χ1v) is 17.5. The van der Waals surface area contributed by atoms with E-state index in [1.54, 1.807) is 33.2 Å². The number of allylic oxidation sites excluding steroid dienone is 2. The molecular weight excluding hydrogens is 729 g/mol. The summed E-state index contributed by atoms with van der Waals surface area (Å²) in [5, 5.41) is 22.7. The summed E-state index contributed by atoms with van der Waals surface area (Å²) in [7, 11) is 8.97. The third kappa shape index (κ3) is 22.2. The van der Waals surface area contributed by atoms with Crippen molar-refractivity contribution in [3.8, 4) is 12.1 Å². The number of ketones is 1. The Morgan fingerprint density at radius 1 is 1.19 bits per heavy atom. The number of nitrogens with two attached hydrogens (primary N) is 2. The topological polar surface area (TPSA) is 212 Å². The third-order valence-corrected chi connectivity index (χ3v) is 6.35. The third-order valence-electron chi connectivity index (χ3n) is 6.35. The van der Waals surface area contributed by atoms with Gasteiger partial charge in [0, 0.05) is 32.5 Å². The van der Waals surface area contributed by atoms with Crippen molar-refractivity contribution >= 4 is 60.3 Å². The summed E-state index contributed by atoms with van der Waals surface area (Å²) >= 11 is 1.84. The van der Waals surface area contributed by atoms with E-state index in [1.165, 1.54) is 58.6 Å². The van der Waals surface area contributed by atoms with Crippen molar-refractivity contribution in [3.05, 3.63) is 52.4 Å². The first-order valence-electron chi connectivity index (χ1n) is 14.2. The number of nitriles is 2. The van der Waals surface area contributed by atoms with Crippen molar-refractivity contribution in [2.45, 2.75) is 60.8 Å². The van der Waals surface area contributed by atoms with Gasteiger partial charge in [-0.2, -0.15) is 10.5 Å². The summed E-state index contributed by atoms with van der Waals surface area (Å²) in [6, 6.07) is 3.76. The van der Waals surface area contributed by atoms with Crippen LogP contribution in [-0.4, -0.2) is 77.4 Å². The van der Waals surface area contributed by atoms with E-state index in [0.717, 1.165) is 24.6 Å². The lowest BCUT2D eigenvalue weighted by molar-refractivity contribution is -0.113. The number of rotatable bonds is 7. The minimum absolute atomic E-state index is 0. The molecule has 258 valence electrons. The van der Waals surface area contributed by atoms with Gasteiger partial charge < -0.3 is 27.0 Å². The van der Waals surface area contributed by atoms with Gasteiger partial charge in [0.25, 0.3) is 0 Å². The van der Waals surface area contributed by atoms with Crippen LogP contribution in [0.25, 0.3) is 4.85 Å². The van der Waals surface area contributed by atoms with Crippen molar-refractivity contribution in [3.63, 3.8) is 0 Å². The highest BCUT2D eigenvalue weighted by Gasteiger charge is 2.15. The number of likely N-dealkylation sites (tertiary alicyclic amines) is 1. The first kappa shape index (κ1) is 47.4. The molecule has 0 atom stereocenters. The quantitative estimate of drug-likeness (QED) is 0.0349. The van der Waals surface area contributed by atoms with Crippen LogP contribution in [-0.2, 0) is 4.79 Å². The minimum atomic E-state index is -0.171. The highest BCUT2D eigenvalue weighted by Crippen LogP contribution is 2.21. The second-order valence-electron chi connectivity index (χ2n) is 9.67. The number of aromatic nitrogens is 4. The molecular formula is C31H50IN13OS. The van der Waals surface area contributed by atoms with Gasteiger partial charge in [-0.1, -0.05) is 13.5 Å². The van der Waals surface area contributed by atoms with Gasteiger partial charge >= 0.3 is 0 Å². The van der Waals surface area contributed by atoms with E-state index in [9.17, 15) is 4.79 Å². The van der Waals surface area contributed by atoms with Crippen LogP contribution in [0.1, 0.15) is 63.9 Å². The first-order chi connectivity index (χ1) is 21.9. The van der Waals surface area contributed by atoms with Crippen LogP contribution in [0.3, 0.4) is 0 Å². The molecule has 0 radical (unpaired) electrons. The molecule has 3 heterocycles. The van der Waals surface area contributed by atoms with Crippen LogP contribution in [0.5, 0.6) is 0 Å². The Hall–Kier alpha value is -4.05. The Morgan fingerprint density at radius 2 is 1.74 bits per heavy atom. The number of aryl methyl sites for hydroxylation is 2. The Kier molecular flexibility index (Phi) is 29.6. The number of guanidine groups is 1. The van der Waals surface area contributed by atoms with Crippen LogP contribution < -0.4 is 22.1 Å². The maximum absolute atomic E-state index is 10.3. The van der Waals surface area contributed by atoms with Gasteiger partial charge in [-0.05, 0) is 101 Å². The minimum Gasteiger partial charge on any atom is -0.370 e. The lowest BCUT2D eigenvalue weighted by Crippen LogP contribution is -2.30. The molecule has 0 spiro atoms. The molecule has 0 aliphatic carbocycles. The molecule has 1 aliphatic rings. The largest absolute Gasteiger partial charge is 0.370 e. The maximum atomic E-state index is 10.3. The van der Waals surface area contributed by atoms with Gasteiger partial charge in [0.15, 0.2) is 11.7 Å². The molecule has 0 amide bonds. The van der Waals surface area contributed by atoms with E-state index in [4.69, 9.17) is 28.6 Å². The summed E-state index contributed by atoms with van der Waals surface area (Å²) in [5.41, 5.74) is 12.4. The van der Waals surface area contributed by atoms with E-state index in [2.05, 4.69) is 62.2 Å². The second kappa shape index (κ2) is 29.4. The van der Waals surface area contributed by atoms with E-state index in [1.807, 2.05) is 34.2 Å². The summed E-state index contributed by atoms with van der Waals surface area (Å²) < 4.78 is 0. The molecule has 2 aromatic heterocycles. The number of hydrogen-bond acceptors (Lipinski definition) is 12. The fourth-order valence-corrected chi connectivity index (χ4v) is 3.64. The standard InChI is InChI=1S/C15H23N5.C7H8N4.C6H7NO.C2H7N3.CH4.HIS/c1-12-14(16-2)11-18-15(19-12)17-8-4-5-13-6-9-20(3)10-7-13;1-5-6(3-8)4-10-7(9-2)11-5;1-3-6(4-7)5(2)8;1-5-2(3)4;;1-2/h11,13H,4-10H2,1,3H3,(H,17,18,19);4H,1-2H3,(H,9,10,11);3H,1-2H3;1H3,(H4,3,4,5);1H4;2H/b;;6-3+;;;. The highest BCUT2D eigenvalue weighted by atomic mass is 127. The number of carbonyl (C=O) groups excluding carboxylic acids is 1. The van der Waals surface area contributed by atoms with Crippen LogP contribution in [0, 0.1) is 49.0 Å². The summed E-state index contributed by atoms with van der Waals surface area (Å²) in [5.74, 6) is 2.01. The number of hydrogen-bond donors (Lipinski definition) is 5. The molecule has 0 aromatic carbocycles. The molecule has 14 nitrogen and oxygen atoms in total. The van der Waals surface area contributed by atoms with E-state index in [0.29, 0.717) is 28.8 Å². The molecule has 3 rings (SSSR count). The second-order valence-corrected chi connectivity index (χ2v) is 9.67. The van der Waals surface area contributed by atoms with Gasteiger partial charge in [-0.15, -0.1) is 9.80 Å². The predicted octanol–water partition coefficient (Wildman–Crippen LogP) is 5.41. The number of nitrogens with zero attached hydrogens (tertiary/aromatic N) is 9. The van der Waals surface area contributed by atoms with Crippen molar-refractivity contribution in [1.29, 1.82) is 10.5 Å². The fourth-order valence-electron chi connectivity index (χ4n) is 3.64. The molecule has 6 N–H and O–H groups in total. The van der Waals surface area contributed by atoms with Crippen LogP contribution in [0.15, 0.2) is 29.0 Å². The average Bonchev–Trinajstić information content (AvgIpc) is 3.06. The Bertz CT molecular complexity index is 1370. The lowest BCUT2D eigenvalue weighted by atomic mass is 9.92. The zero-order valence-corrected chi connectivity index (χ0v) is 30.7. The number of nitrogens with one attached hydrogen (secondary N) is 2. The zero-order valence-electron chi connectivity index (χ0n) is 27.7. The van der Waals surface area contributed by atoms with Gasteiger partial charge in [-0.3, -0.25) is 9.79 Å². The number of Topliss-reactive ketones (excluding diaryl/α,β-unsaturated/α-hetero) is 1. The average molecular weight is 780 g/mol. The number of thiol groups is 1.